The van der Waals surface area contributed by atoms with Crippen molar-refractivity contribution >= 4 is 0 Å². The predicted octanol–water partition coefficient (Wildman–Crippen LogP) is 2.90. The minimum atomic E-state index is 0.463. The molecule has 1 saturated heterocycles. The molecule has 21 heavy (non-hydrogen) atoms. The van der Waals surface area contributed by atoms with Gasteiger partial charge in [-0.2, -0.15) is 0 Å². The Hall–Kier alpha value is -0.120. The summed E-state index contributed by atoms with van der Waals surface area (Å²) in [5, 5.41) is 3.75. The predicted molar refractivity (Wildman–Crippen MR) is 87.5 cm³/mol. The van der Waals surface area contributed by atoms with E-state index in [0.29, 0.717) is 5.41 Å². The van der Waals surface area contributed by atoms with Crippen molar-refractivity contribution in [2.24, 2.45) is 17.3 Å². The first kappa shape index (κ1) is 15.8. The van der Waals surface area contributed by atoms with Gasteiger partial charge >= 0.3 is 0 Å². The molecule has 2 aliphatic carbocycles. The van der Waals surface area contributed by atoms with E-state index in [1.165, 1.54) is 58.2 Å². The molecule has 122 valence electrons. The van der Waals surface area contributed by atoms with Gasteiger partial charge in [0.1, 0.15) is 0 Å². The summed E-state index contributed by atoms with van der Waals surface area (Å²) in [6.07, 6.45) is 8.32. The molecule has 1 heterocycles. The molecular formula is C18H34N2O. The van der Waals surface area contributed by atoms with Crippen LogP contribution in [-0.2, 0) is 4.74 Å². The van der Waals surface area contributed by atoms with E-state index in [1.54, 1.807) is 0 Å². The van der Waals surface area contributed by atoms with Crippen molar-refractivity contribution in [3.63, 3.8) is 0 Å². The van der Waals surface area contributed by atoms with Gasteiger partial charge in [0.2, 0.25) is 0 Å². The van der Waals surface area contributed by atoms with Gasteiger partial charge in [-0.15, -0.1) is 0 Å². The molecule has 1 N–H and O–H groups in total. The summed E-state index contributed by atoms with van der Waals surface area (Å²) in [5.74, 6) is 1.76. The lowest BCUT2D eigenvalue weighted by molar-refractivity contribution is -0.00681. The fourth-order valence-corrected chi connectivity index (χ4v) is 3.67. The quantitative estimate of drug-likeness (QED) is 0.707. The first-order valence-corrected chi connectivity index (χ1v) is 9.19. The van der Waals surface area contributed by atoms with Crippen LogP contribution in [0.4, 0.5) is 0 Å². The van der Waals surface area contributed by atoms with Crippen LogP contribution in [0, 0.1) is 17.3 Å². The summed E-state index contributed by atoms with van der Waals surface area (Å²) in [7, 11) is 0. The molecule has 0 aromatic rings. The summed E-state index contributed by atoms with van der Waals surface area (Å²) >= 11 is 0. The van der Waals surface area contributed by atoms with Gasteiger partial charge in [-0.1, -0.05) is 13.8 Å². The lowest BCUT2D eigenvalue weighted by Crippen LogP contribution is -2.49. The highest BCUT2D eigenvalue weighted by Crippen LogP contribution is 2.39. The molecule has 3 aliphatic rings. The zero-order valence-corrected chi connectivity index (χ0v) is 14.1. The Balaban J connectivity index is 1.56. The molecule has 3 rings (SSSR count). The number of hydrogen-bond donors (Lipinski definition) is 1. The first-order valence-electron chi connectivity index (χ1n) is 9.19. The Kier molecular flexibility index (Phi) is 5.23. The molecule has 0 unspecified atom stereocenters. The Morgan fingerprint density at radius 2 is 1.86 bits per heavy atom. The van der Waals surface area contributed by atoms with Crippen LogP contribution in [0.3, 0.4) is 0 Å². The van der Waals surface area contributed by atoms with Gasteiger partial charge in [-0.05, 0) is 62.3 Å². The Labute approximate surface area is 130 Å². The minimum Gasteiger partial charge on any atom is -0.381 e. The van der Waals surface area contributed by atoms with Crippen molar-refractivity contribution in [3.8, 4) is 0 Å². The summed E-state index contributed by atoms with van der Waals surface area (Å²) in [4.78, 5) is 2.85. The van der Waals surface area contributed by atoms with Crippen molar-refractivity contribution in [2.45, 2.75) is 58.4 Å². The van der Waals surface area contributed by atoms with E-state index in [1.807, 2.05) is 0 Å². The highest BCUT2D eigenvalue weighted by molar-refractivity contribution is 4.94. The number of rotatable bonds is 9. The molecule has 0 bridgehead atoms. The molecule has 2 saturated carbocycles. The molecule has 3 nitrogen and oxygen atoms in total. The van der Waals surface area contributed by atoms with E-state index in [9.17, 15) is 0 Å². The zero-order chi connectivity index (χ0) is 14.7. The fourth-order valence-electron chi connectivity index (χ4n) is 3.67. The number of nitrogens with zero attached hydrogens (tertiary/aromatic N) is 1. The molecular weight excluding hydrogens is 260 g/mol. The average Bonchev–Trinajstić information content (AvgIpc) is 3.32. The molecule has 0 spiro atoms. The molecule has 3 heteroatoms. The highest BCUT2D eigenvalue weighted by atomic mass is 16.5. The highest BCUT2D eigenvalue weighted by Gasteiger charge is 2.40. The van der Waals surface area contributed by atoms with Crippen LogP contribution in [0.15, 0.2) is 0 Å². The second-order valence-electron chi connectivity index (χ2n) is 8.24. The van der Waals surface area contributed by atoms with Gasteiger partial charge in [0.15, 0.2) is 0 Å². The standard InChI is InChI=1S/C18H34N2O/c1-15(2)11-19-13-18(7-9-21-10-8-18)14-20(17-5-6-17)12-16-3-4-16/h15-17,19H,3-14H2,1-2H3. The third kappa shape index (κ3) is 4.94. The van der Waals surface area contributed by atoms with E-state index in [-0.39, 0.29) is 0 Å². The summed E-state index contributed by atoms with van der Waals surface area (Å²) in [6, 6.07) is 0.912. The van der Waals surface area contributed by atoms with Crippen molar-refractivity contribution in [2.75, 3.05) is 39.4 Å². The smallest absolute Gasteiger partial charge is 0.0472 e. The van der Waals surface area contributed by atoms with Crippen LogP contribution in [0.5, 0.6) is 0 Å². The monoisotopic (exact) mass is 294 g/mol. The average molecular weight is 294 g/mol. The van der Waals surface area contributed by atoms with Crippen molar-refractivity contribution in [3.05, 3.63) is 0 Å². The van der Waals surface area contributed by atoms with E-state index in [2.05, 4.69) is 24.1 Å². The van der Waals surface area contributed by atoms with Crippen LogP contribution in [0.2, 0.25) is 0 Å². The lowest BCUT2D eigenvalue weighted by atomic mass is 9.79. The largest absolute Gasteiger partial charge is 0.381 e. The van der Waals surface area contributed by atoms with Gasteiger partial charge in [-0.25, -0.2) is 0 Å². The second-order valence-corrected chi connectivity index (χ2v) is 8.24. The molecule has 0 amide bonds. The van der Waals surface area contributed by atoms with E-state index in [0.717, 1.165) is 37.6 Å². The second kappa shape index (κ2) is 6.97. The molecule has 0 aromatic heterocycles. The fraction of sp³-hybridized carbons (Fsp3) is 1.00. The minimum absolute atomic E-state index is 0.463. The summed E-state index contributed by atoms with van der Waals surface area (Å²) in [6.45, 7) is 11.5. The molecule has 0 radical (unpaired) electrons. The van der Waals surface area contributed by atoms with Crippen LogP contribution >= 0.6 is 0 Å². The summed E-state index contributed by atoms with van der Waals surface area (Å²) < 4.78 is 5.66. The van der Waals surface area contributed by atoms with Crippen molar-refractivity contribution < 1.29 is 4.74 Å². The van der Waals surface area contributed by atoms with E-state index >= 15 is 0 Å². The SMILES string of the molecule is CC(C)CNCC1(CN(CC2CC2)C2CC2)CCOCC1. The van der Waals surface area contributed by atoms with Crippen LogP contribution in [-0.4, -0.2) is 50.3 Å². The Morgan fingerprint density at radius 3 is 2.43 bits per heavy atom. The lowest BCUT2D eigenvalue weighted by Gasteiger charge is -2.42. The van der Waals surface area contributed by atoms with Gasteiger partial charge in [0.25, 0.3) is 0 Å². The molecule has 0 atom stereocenters. The first-order chi connectivity index (χ1) is 10.2. The van der Waals surface area contributed by atoms with Crippen LogP contribution in [0.1, 0.15) is 52.4 Å². The third-order valence-corrected chi connectivity index (χ3v) is 5.40. The topological polar surface area (TPSA) is 24.5 Å². The third-order valence-electron chi connectivity index (χ3n) is 5.40. The number of ether oxygens (including phenoxy) is 1. The Morgan fingerprint density at radius 1 is 1.14 bits per heavy atom. The van der Waals surface area contributed by atoms with Gasteiger partial charge in [0, 0.05) is 38.9 Å². The van der Waals surface area contributed by atoms with Crippen molar-refractivity contribution in [1.29, 1.82) is 0 Å². The van der Waals surface area contributed by atoms with Gasteiger partial charge in [-0.3, -0.25) is 4.90 Å². The maximum absolute atomic E-state index is 5.66. The van der Waals surface area contributed by atoms with Crippen LogP contribution < -0.4 is 5.32 Å². The molecule has 0 aromatic carbocycles. The Bertz CT molecular complexity index is 317. The summed E-state index contributed by atoms with van der Waals surface area (Å²) in [5.41, 5.74) is 0.463. The maximum Gasteiger partial charge on any atom is 0.0472 e. The van der Waals surface area contributed by atoms with Gasteiger partial charge < -0.3 is 10.1 Å². The maximum atomic E-state index is 5.66. The molecule has 3 fully saturated rings. The zero-order valence-electron chi connectivity index (χ0n) is 14.1. The molecule has 1 aliphatic heterocycles. The number of hydrogen-bond acceptors (Lipinski definition) is 3. The van der Waals surface area contributed by atoms with Gasteiger partial charge in [0.05, 0.1) is 0 Å². The van der Waals surface area contributed by atoms with Crippen LogP contribution in [0.25, 0.3) is 0 Å². The van der Waals surface area contributed by atoms with E-state index < -0.39 is 0 Å². The normalized spacial score (nSPS) is 25.7. The van der Waals surface area contributed by atoms with Crippen molar-refractivity contribution in [1.82, 2.24) is 10.2 Å². The number of nitrogens with one attached hydrogen (secondary N) is 1. The van der Waals surface area contributed by atoms with E-state index in [4.69, 9.17) is 4.74 Å².